The van der Waals surface area contributed by atoms with E-state index in [1.165, 1.54) is 0 Å². The van der Waals surface area contributed by atoms with Gasteiger partial charge >= 0.3 is 5.97 Å². The first kappa shape index (κ1) is 23.0. The number of nitrogens with zero attached hydrogens (tertiary/aromatic N) is 1. The summed E-state index contributed by atoms with van der Waals surface area (Å²) in [7, 11) is 0. The Morgan fingerprint density at radius 2 is 1.66 bits per heavy atom. The molecule has 2 fully saturated rings. The number of carbonyl (C=O) groups excluding carboxylic acids is 2. The zero-order valence-electron chi connectivity index (χ0n) is 18.9. The Morgan fingerprint density at radius 3 is 2.29 bits per heavy atom. The lowest BCUT2D eigenvalue weighted by Gasteiger charge is -2.31. The fourth-order valence-electron chi connectivity index (χ4n) is 5.16. The van der Waals surface area contributed by atoms with Crippen molar-refractivity contribution >= 4 is 41.1 Å². The first-order chi connectivity index (χ1) is 16.8. The summed E-state index contributed by atoms with van der Waals surface area (Å²) in [5.74, 6) is -4.26. The normalized spacial score (nSPS) is 25.9. The van der Waals surface area contributed by atoms with Crippen LogP contribution in [0, 0.1) is 18.8 Å². The van der Waals surface area contributed by atoms with E-state index in [-0.39, 0.29) is 0 Å². The van der Waals surface area contributed by atoms with E-state index in [0.29, 0.717) is 16.3 Å². The number of hydrogen-bond acceptors (Lipinski definition) is 4. The lowest BCUT2D eigenvalue weighted by molar-refractivity contribution is -0.149. The number of halogens is 1. The summed E-state index contributed by atoms with van der Waals surface area (Å²) in [6, 6.07) is 22.4. The van der Waals surface area contributed by atoms with Gasteiger partial charge in [-0.3, -0.25) is 14.9 Å². The fourth-order valence-corrected chi connectivity index (χ4v) is 5.33. The number of rotatable bonds is 5. The quantitative estimate of drug-likeness (QED) is 0.521. The second-order valence-corrected chi connectivity index (χ2v) is 9.28. The molecule has 2 saturated heterocycles. The maximum absolute atomic E-state index is 13.8. The number of carboxylic acids is 1. The number of imide groups is 1. The van der Waals surface area contributed by atoms with Crippen LogP contribution in [0.1, 0.15) is 16.7 Å². The molecule has 7 heteroatoms. The van der Waals surface area contributed by atoms with Gasteiger partial charge in [0.15, 0.2) is 5.54 Å². The van der Waals surface area contributed by atoms with E-state index in [4.69, 9.17) is 11.6 Å². The molecule has 0 saturated carbocycles. The summed E-state index contributed by atoms with van der Waals surface area (Å²) in [6.45, 7) is 1.83. The first-order valence-electron chi connectivity index (χ1n) is 11.3. The van der Waals surface area contributed by atoms with Crippen LogP contribution < -0.4 is 10.2 Å². The molecule has 3 aromatic rings. The standard InChI is InChI=1S/C28H23ClN2O4/c1-17-12-14-20(16-21(17)29)31-25(32)23-22(15-13-18-8-4-2-5-9-18)30-28(27(34)35,24(23)26(31)33)19-10-6-3-7-11-19/h2-16,22-24,30H,1H3,(H,34,35). The SMILES string of the molecule is Cc1ccc(N2C(=O)C3C(C=Cc4ccccc4)NC(C(=O)O)(c4ccccc4)C3C2=O)cc1Cl. The third-order valence-corrected chi connectivity index (χ3v) is 7.28. The van der Waals surface area contributed by atoms with Gasteiger partial charge < -0.3 is 5.11 Å². The number of carboxylic acid groups (broad SMARTS) is 1. The molecule has 0 aromatic heterocycles. The molecular formula is C28H23ClN2O4. The maximum Gasteiger partial charge on any atom is 0.329 e. The zero-order valence-corrected chi connectivity index (χ0v) is 19.6. The van der Waals surface area contributed by atoms with Crippen molar-refractivity contribution in [1.82, 2.24) is 5.32 Å². The molecule has 3 aromatic carbocycles. The minimum absolute atomic E-state index is 0.336. The molecule has 6 nitrogen and oxygen atoms in total. The van der Waals surface area contributed by atoms with Gasteiger partial charge in [-0.05, 0) is 35.7 Å². The summed E-state index contributed by atoms with van der Waals surface area (Å²) in [4.78, 5) is 41.6. The number of fused-ring (bicyclic) bond motifs is 1. The van der Waals surface area contributed by atoms with Crippen LogP contribution in [0.25, 0.3) is 6.08 Å². The molecule has 2 N–H and O–H groups in total. The van der Waals surface area contributed by atoms with Crippen molar-refractivity contribution in [3.05, 3.63) is 107 Å². The average molecular weight is 487 g/mol. The van der Waals surface area contributed by atoms with Gasteiger partial charge in [-0.25, -0.2) is 9.69 Å². The van der Waals surface area contributed by atoms with Crippen LogP contribution in [-0.2, 0) is 19.9 Å². The van der Waals surface area contributed by atoms with Crippen LogP contribution in [0.4, 0.5) is 5.69 Å². The molecule has 35 heavy (non-hydrogen) atoms. The van der Waals surface area contributed by atoms with Crippen LogP contribution in [0.2, 0.25) is 5.02 Å². The molecule has 176 valence electrons. The van der Waals surface area contributed by atoms with Crippen molar-refractivity contribution in [3.63, 3.8) is 0 Å². The minimum atomic E-state index is -1.77. The van der Waals surface area contributed by atoms with Gasteiger partial charge in [-0.15, -0.1) is 0 Å². The minimum Gasteiger partial charge on any atom is -0.480 e. The van der Waals surface area contributed by atoms with Crippen molar-refractivity contribution < 1.29 is 19.5 Å². The topological polar surface area (TPSA) is 86.7 Å². The van der Waals surface area contributed by atoms with Crippen molar-refractivity contribution in [2.75, 3.05) is 4.90 Å². The number of amides is 2. The van der Waals surface area contributed by atoms with Crippen molar-refractivity contribution in [2.24, 2.45) is 11.8 Å². The summed E-state index contributed by atoms with van der Waals surface area (Å²) >= 11 is 6.29. The molecule has 2 amide bonds. The monoisotopic (exact) mass is 486 g/mol. The van der Waals surface area contributed by atoms with Crippen LogP contribution >= 0.6 is 11.6 Å². The molecular weight excluding hydrogens is 464 g/mol. The number of benzene rings is 3. The van der Waals surface area contributed by atoms with Gasteiger partial charge in [0.25, 0.3) is 0 Å². The first-order valence-corrected chi connectivity index (χ1v) is 11.7. The zero-order chi connectivity index (χ0) is 24.7. The Balaban J connectivity index is 1.65. The van der Waals surface area contributed by atoms with Gasteiger partial charge in [0, 0.05) is 11.1 Å². The third kappa shape index (κ3) is 3.66. The highest BCUT2D eigenvalue weighted by atomic mass is 35.5. The van der Waals surface area contributed by atoms with E-state index in [0.717, 1.165) is 16.0 Å². The molecule has 2 aliphatic rings. The molecule has 2 heterocycles. The van der Waals surface area contributed by atoms with Gasteiger partial charge in [0.2, 0.25) is 11.8 Å². The summed E-state index contributed by atoms with van der Waals surface area (Å²) in [5, 5.41) is 14.1. The molecule has 5 rings (SSSR count). The van der Waals surface area contributed by atoms with E-state index in [9.17, 15) is 19.5 Å². The molecule has 0 aliphatic carbocycles. The Bertz CT molecular complexity index is 1340. The molecule has 0 radical (unpaired) electrons. The number of anilines is 1. The molecule has 0 spiro atoms. The molecule has 0 bridgehead atoms. The van der Waals surface area contributed by atoms with E-state index in [2.05, 4.69) is 5.32 Å². The molecule has 4 atom stereocenters. The predicted octanol–water partition coefficient (Wildman–Crippen LogP) is 4.42. The Morgan fingerprint density at radius 1 is 1.00 bits per heavy atom. The lowest BCUT2D eigenvalue weighted by atomic mass is 9.76. The van der Waals surface area contributed by atoms with E-state index in [1.807, 2.05) is 43.3 Å². The highest BCUT2D eigenvalue weighted by molar-refractivity contribution is 6.32. The van der Waals surface area contributed by atoms with E-state index < -0.39 is 41.2 Å². The van der Waals surface area contributed by atoms with Crippen LogP contribution in [0.15, 0.2) is 84.9 Å². The van der Waals surface area contributed by atoms with E-state index in [1.54, 1.807) is 54.6 Å². The summed E-state index contributed by atoms with van der Waals surface area (Å²) in [5.41, 5.74) is 0.695. The van der Waals surface area contributed by atoms with Crippen molar-refractivity contribution in [3.8, 4) is 0 Å². The predicted molar refractivity (Wildman–Crippen MR) is 134 cm³/mol. The second kappa shape index (κ2) is 8.80. The Hall–Kier alpha value is -3.74. The van der Waals surface area contributed by atoms with Gasteiger partial charge in [0.1, 0.15) is 0 Å². The highest BCUT2D eigenvalue weighted by Gasteiger charge is 2.68. The van der Waals surface area contributed by atoms with E-state index >= 15 is 0 Å². The number of carbonyl (C=O) groups is 3. The molecule has 2 aliphatic heterocycles. The van der Waals surface area contributed by atoms with Gasteiger partial charge in [0.05, 0.1) is 17.5 Å². The number of hydrogen-bond donors (Lipinski definition) is 2. The third-order valence-electron chi connectivity index (χ3n) is 6.87. The lowest BCUT2D eigenvalue weighted by Crippen LogP contribution is -2.54. The van der Waals surface area contributed by atoms with Crippen LogP contribution in [0.5, 0.6) is 0 Å². The average Bonchev–Trinajstić information content (AvgIpc) is 3.35. The molecule has 4 unspecified atom stereocenters. The Kier molecular flexibility index (Phi) is 5.79. The second-order valence-electron chi connectivity index (χ2n) is 8.87. The van der Waals surface area contributed by atoms with Crippen LogP contribution in [-0.4, -0.2) is 28.9 Å². The summed E-state index contributed by atoms with van der Waals surface area (Å²) < 4.78 is 0. The smallest absolute Gasteiger partial charge is 0.329 e. The highest BCUT2D eigenvalue weighted by Crippen LogP contribution is 2.49. The Labute approximate surface area is 207 Å². The maximum atomic E-state index is 13.8. The largest absolute Gasteiger partial charge is 0.480 e. The number of nitrogens with one attached hydrogen (secondary N) is 1. The number of aryl methyl sites for hydroxylation is 1. The fraction of sp³-hybridized carbons (Fsp3) is 0.179. The van der Waals surface area contributed by atoms with Crippen LogP contribution in [0.3, 0.4) is 0 Å². The van der Waals surface area contributed by atoms with Crippen molar-refractivity contribution in [2.45, 2.75) is 18.5 Å². The van der Waals surface area contributed by atoms with Gasteiger partial charge in [-0.2, -0.15) is 0 Å². The number of aliphatic carboxylic acids is 1. The van der Waals surface area contributed by atoms with Gasteiger partial charge in [-0.1, -0.05) is 90.5 Å². The van der Waals surface area contributed by atoms with Crippen molar-refractivity contribution in [1.29, 1.82) is 0 Å². The summed E-state index contributed by atoms with van der Waals surface area (Å²) in [6.07, 6.45) is 3.61.